The van der Waals surface area contributed by atoms with Gasteiger partial charge in [-0.1, -0.05) is 33.8 Å². The number of aryl methyl sites for hydroxylation is 1. The molecule has 4 amide bonds. The molecule has 1 aromatic carbocycles. The molecule has 6 bridgehead atoms. The number of nitrogens with one attached hydrogen (secondary N) is 2. The van der Waals surface area contributed by atoms with E-state index in [9.17, 15) is 19.2 Å². The number of ether oxygens (including phenoxy) is 2. The summed E-state index contributed by atoms with van der Waals surface area (Å²) in [4.78, 5) is 72.4. The van der Waals surface area contributed by atoms with Crippen molar-refractivity contribution in [2.24, 2.45) is 16.7 Å². The first-order valence-electron chi connectivity index (χ1n) is 22.8. The first-order chi connectivity index (χ1) is 30.5. The lowest BCUT2D eigenvalue weighted by molar-refractivity contribution is -0.155. The minimum Gasteiger partial charge on any atom is -0.464 e. The Bertz CT molecular complexity index is 2400. The van der Waals surface area contributed by atoms with Gasteiger partial charge in [0.25, 0.3) is 5.91 Å². The summed E-state index contributed by atoms with van der Waals surface area (Å²) in [6.45, 7) is 16.7. The van der Waals surface area contributed by atoms with Crippen LogP contribution in [-0.4, -0.2) is 137 Å². The zero-order valence-corrected chi connectivity index (χ0v) is 39.7. The summed E-state index contributed by atoms with van der Waals surface area (Å²) in [7, 11) is 5.48. The highest BCUT2D eigenvalue weighted by molar-refractivity contribution is 7.10. The highest BCUT2D eigenvalue weighted by Crippen LogP contribution is 2.43. The average Bonchev–Trinajstić information content (AvgIpc) is 3.99. The van der Waals surface area contributed by atoms with Gasteiger partial charge in [0.2, 0.25) is 5.91 Å². The van der Waals surface area contributed by atoms with E-state index in [2.05, 4.69) is 72.3 Å². The van der Waals surface area contributed by atoms with Crippen LogP contribution in [0.1, 0.15) is 83.2 Å². The molecule has 8 rings (SSSR count). The van der Waals surface area contributed by atoms with E-state index in [0.29, 0.717) is 50.4 Å². The van der Waals surface area contributed by atoms with E-state index < -0.39 is 35.4 Å². The van der Waals surface area contributed by atoms with E-state index >= 15 is 0 Å². The lowest BCUT2D eigenvalue weighted by Gasteiger charge is -2.49. The van der Waals surface area contributed by atoms with E-state index in [-0.39, 0.29) is 42.4 Å². The Hall–Kier alpha value is -4.90. The maximum atomic E-state index is 14.6. The SMILES string of the molecule is CCn1c(-c2cccnc2[C@H](C)OC)c2c3cc(ccc31)-c1csc(n1)C[C@H](NC(=O)[C@H](C(C)C)N(C)C(=O)N1CC3(CCN(C)C3)C1)C(=O)N1CCC[C@H](N1)C(=O)OCC(C)(C)C2. The molecule has 0 radical (unpaired) electrons. The Morgan fingerprint density at radius 2 is 1.91 bits per heavy atom. The Morgan fingerprint density at radius 3 is 2.61 bits per heavy atom. The molecular formula is C48H65N9O6S. The van der Waals surface area contributed by atoms with Crippen molar-refractivity contribution >= 4 is 46.1 Å². The van der Waals surface area contributed by atoms with Gasteiger partial charge < -0.3 is 34.1 Å². The number of likely N-dealkylation sites (tertiary alicyclic amines) is 2. The number of urea groups is 1. The van der Waals surface area contributed by atoms with E-state index in [4.69, 9.17) is 19.4 Å². The Balaban J connectivity index is 1.15. The van der Waals surface area contributed by atoms with Gasteiger partial charge in [-0.05, 0) is 88.9 Å². The molecule has 1 spiro atoms. The number of amides is 4. The number of thiazole rings is 1. The van der Waals surface area contributed by atoms with Crippen molar-refractivity contribution in [3.8, 4) is 22.5 Å². The molecule has 4 aliphatic heterocycles. The second kappa shape index (κ2) is 18.2. The van der Waals surface area contributed by atoms with Gasteiger partial charge in [-0.25, -0.2) is 15.2 Å². The second-order valence-electron chi connectivity index (χ2n) is 19.7. The molecule has 16 heteroatoms. The number of fused-ring (bicyclic) bond motifs is 6. The third-order valence-corrected chi connectivity index (χ3v) is 14.6. The molecule has 3 saturated heterocycles. The van der Waals surface area contributed by atoms with Gasteiger partial charge in [0.1, 0.15) is 18.1 Å². The summed E-state index contributed by atoms with van der Waals surface area (Å²) in [6, 6.07) is 7.68. The summed E-state index contributed by atoms with van der Waals surface area (Å²) >= 11 is 1.44. The summed E-state index contributed by atoms with van der Waals surface area (Å²) in [5, 5.41) is 8.26. The van der Waals surface area contributed by atoms with E-state index in [1.165, 1.54) is 21.2 Å². The molecule has 0 aliphatic carbocycles. The standard InChI is InChI=1S/C48H65N9O6S/c1-10-56-38-16-15-31-21-33(38)34(42(56)32-13-11-18-49-40(32)30(4)62-9)23-47(5,6)28-63-45(60)35-14-12-19-57(52-35)44(59)36(22-39-50-37(31)24-64-39)51-43(58)41(29(2)3)54(8)46(61)55-26-48(27-55)17-20-53(7)25-48/h11,13,15-16,18,21,24,29-30,35-36,41,52H,10,12,14,17,19-20,22-23,25-28H2,1-9H3,(H,51,58)/t30-,35-,36-,41-/m0/s1. The molecule has 4 aliphatic rings. The minimum absolute atomic E-state index is 0.118. The van der Waals surface area contributed by atoms with Gasteiger partial charge in [0, 0.05) is 97.7 Å². The number of benzene rings is 1. The summed E-state index contributed by atoms with van der Waals surface area (Å²) in [5.74, 6) is -1.47. The van der Waals surface area contributed by atoms with Gasteiger partial charge in [-0.3, -0.25) is 24.4 Å². The number of aromatic nitrogens is 3. The molecule has 15 nitrogen and oxygen atoms in total. The number of carbonyl (C=O) groups excluding carboxylic acids is 4. The number of methoxy groups -OCH3 is 1. The van der Waals surface area contributed by atoms with Crippen LogP contribution >= 0.6 is 11.3 Å². The third kappa shape index (κ3) is 8.90. The lowest BCUT2D eigenvalue weighted by atomic mass is 9.79. The van der Waals surface area contributed by atoms with Crippen molar-refractivity contribution in [1.82, 2.24) is 45.0 Å². The predicted molar refractivity (Wildman–Crippen MR) is 247 cm³/mol. The Labute approximate surface area is 380 Å². The van der Waals surface area contributed by atoms with Crippen molar-refractivity contribution in [2.75, 3.05) is 60.5 Å². The van der Waals surface area contributed by atoms with Gasteiger partial charge in [0.15, 0.2) is 0 Å². The van der Waals surface area contributed by atoms with Crippen molar-refractivity contribution in [3.05, 3.63) is 58.2 Å². The molecule has 4 aromatic rings. The Morgan fingerprint density at radius 1 is 1.12 bits per heavy atom. The zero-order chi connectivity index (χ0) is 45.7. The van der Waals surface area contributed by atoms with Crippen LogP contribution in [-0.2, 0) is 43.2 Å². The fourth-order valence-corrected chi connectivity index (χ4v) is 11.3. The molecule has 0 saturated carbocycles. The van der Waals surface area contributed by atoms with Gasteiger partial charge >= 0.3 is 12.0 Å². The summed E-state index contributed by atoms with van der Waals surface area (Å²) in [5.41, 5.74) is 9.55. The number of hydrogen-bond acceptors (Lipinski definition) is 11. The predicted octanol–water partition coefficient (Wildman–Crippen LogP) is 5.92. The summed E-state index contributed by atoms with van der Waals surface area (Å²) in [6.07, 6.45) is 4.38. The Kier molecular flexibility index (Phi) is 13.0. The number of hydrogen-bond donors (Lipinski definition) is 2. The number of likely N-dealkylation sites (N-methyl/N-ethyl adjacent to an activating group) is 1. The van der Waals surface area contributed by atoms with Crippen molar-refractivity contribution in [3.63, 3.8) is 0 Å². The molecule has 0 unspecified atom stereocenters. The largest absolute Gasteiger partial charge is 0.464 e. The van der Waals surface area contributed by atoms with Crippen LogP contribution in [0.3, 0.4) is 0 Å². The normalized spacial score (nSPS) is 22.3. The molecule has 3 fully saturated rings. The van der Waals surface area contributed by atoms with Crippen molar-refractivity contribution in [1.29, 1.82) is 0 Å². The number of rotatable bonds is 8. The van der Waals surface area contributed by atoms with Crippen LogP contribution in [0.5, 0.6) is 0 Å². The quantitative estimate of drug-likeness (QED) is 0.204. The lowest BCUT2D eigenvalue weighted by Crippen LogP contribution is -2.65. The number of carbonyl (C=O) groups is 4. The first kappa shape index (κ1) is 45.7. The minimum atomic E-state index is -1.03. The van der Waals surface area contributed by atoms with Gasteiger partial charge in [-0.15, -0.1) is 11.3 Å². The fourth-order valence-electron chi connectivity index (χ4n) is 10.4. The van der Waals surface area contributed by atoms with Crippen molar-refractivity contribution in [2.45, 2.75) is 104 Å². The maximum Gasteiger partial charge on any atom is 0.324 e. The van der Waals surface area contributed by atoms with E-state index in [0.717, 1.165) is 64.2 Å². The summed E-state index contributed by atoms with van der Waals surface area (Å²) < 4.78 is 14.3. The van der Waals surface area contributed by atoms with Crippen LogP contribution in [0, 0.1) is 16.7 Å². The maximum absolute atomic E-state index is 14.6. The molecule has 7 heterocycles. The van der Waals surface area contributed by atoms with E-state index in [1.54, 1.807) is 20.4 Å². The number of esters is 1. The number of pyridine rings is 1. The van der Waals surface area contributed by atoms with Crippen LogP contribution in [0.15, 0.2) is 41.9 Å². The number of nitrogens with zero attached hydrogens (tertiary/aromatic N) is 7. The molecule has 2 N–H and O–H groups in total. The fraction of sp³-hybridized carbons (Fsp3) is 0.583. The second-order valence-corrected chi connectivity index (χ2v) is 20.6. The monoisotopic (exact) mass is 895 g/mol. The first-order valence-corrected chi connectivity index (χ1v) is 23.7. The molecule has 3 aromatic heterocycles. The molecular weight excluding hydrogens is 831 g/mol. The van der Waals surface area contributed by atoms with E-state index in [1.807, 2.05) is 37.1 Å². The highest BCUT2D eigenvalue weighted by Gasteiger charge is 2.50. The number of cyclic esters (lactones) is 1. The zero-order valence-electron chi connectivity index (χ0n) is 38.9. The third-order valence-electron chi connectivity index (χ3n) is 13.7. The van der Waals surface area contributed by atoms with Crippen LogP contribution in [0.4, 0.5) is 4.79 Å². The van der Waals surface area contributed by atoms with Gasteiger partial charge in [-0.2, -0.15) is 0 Å². The molecule has 4 atom stereocenters. The van der Waals surface area contributed by atoms with Crippen LogP contribution in [0.2, 0.25) is 0 Å². The van der Waals surface area contributed by atoms with Crippen LogP contribution in [0.25, 0.3) is 33.4 Å². The average molecular weight is 896 g/mol. The van der Waals surface area contributed by atoms with Gasteiger partial charge in [0.05, 0.1) is 34.8 Å². The number of hydrazine groups is 1. The molecule has 64 heavy (non-hydrogen) atoms. The van der Waals surface area contributed by atoms with Crippen molar-refractivity contribution < 1.29 is 28.7 Å². The smallest absolute Gasteiger partial charge is 0.324 e. The highest BCUT2D eigenvalue weighted by atomic mass is 32.1. The van der Waals surface area contributed by atoms with Crippen LogP contribution < -0.4 is 10.7 Å². The molecule has 344 valence electrons. The topological polar surface area (TPSA) is 154 Å².